The summed E-state index contributed by atoms with van der Waals surface area (Å²) in [6.07, 6.45) is 0.547. The van der Waals surface area contributed by atoms with Crippen LogP contribution in [-0.4, -0.2) is 21.3 Å². The zero-order valence-corrected chi connectivity index (χ0v) is 8.92. The third-order valence-electron chi connectivity index (χ3n) is 2.07. The summed E-state index contributed by atoms with van der Waals surface area (Å²) in [6.45, 7) is 1.87. The normalized spacial score (nSPS) is 12.6. The Bertz CT molecular complexity index is 480. The van der Waals surface area contributed by atoms with E-state index >= 15 is 0 Å². The number of nitrogens with two attached hydrogens (primary N) is 1. The minimum Gasteiger partial charge on any atom is -0.508 e. The molecule has 1 heterocycles. The molecule has 2 aromatic rings. The maximum Gasteiger partial charge on any atom is 0.228 e. The van der Waals surface area contributed by atoms with Crippen LogP contribution in [0.4, 0.5) is 0 Å². The van der Waals surface area contributed by atoms with Crippen molar-refractivity contribution in [2.24, 2.45) is 5.73 Å². The summed E-state index contributed by atoms with van der Waals surface area (Å²) in [5, 5.41) is 13.1. The lowest BCUT2D eigenvalue weighted by molar-refractivity contribution is 0.372. The summed E-state index contributed by atoms with van der Waals surface area (Å²) in [6, 6.07) is 6.69. The fourth-order valence-electron chi connectivity index (χ4n) is 1.38. The Kier molecular flexibility index (Phi) is 2.87. The Morgan fingerprint density at radius 3 is 3.00 bits per heavy atom. The van der Waals surface area contributed by atoms with Crippen LogP contribution in [-0.2, 0) is 6.42 Å². The van der Waals surface area contributed by atoms with Gasteiger partial charge < -0.3 is 15.4 Å². The van der Waals surface area contributed by atoms with E-state index in [1.54, 1.807) is 24.3 Å². The molecule has 1 unspecified atom stereocenters. The van der Waals surface area contributed by atoms with Crippen molar-refractivity contribution in [3.05, 3.63) is 30.2 Å². The van der Waals surface area contributed by atoms with Gasteiger partial charge in [-0.1, -0.05) is 17.3 Å². The number of aromatic nitrogens is 2. The Hall–Kier alpha value is -1.88. The van der Waals surface area contributed by atoms with Crippen LogP contribution in [0.15, 0.2) is 28.8 Å². The van der Waals surface area contributed by atoms with Crippen LogP contribution >= 0.6 is 0 Å². The standard InChI is InChI=1S/C11H13N3O2/c1-7(12)5-10-13-11(14-16-10)8-3-2-4-9(15)6-8/h2-4,6-7,15H,5,12H2,1H3. The van der Waals surface area contributed by atoms with Crippen molar-refractivity contribution in [2.75, 3.05) is 0 Å². The van der Waals surface area contributed by atoms with Gasteiger partial charge in [0.25, 0.3) is 0 Å². The van der Waals surface area contributed by atoms with Crippen LogP contribution in [0.25, 0.3) is 11.4 Å². The van der Waals surface area contributed by atoms with Gasteiger partial charge >= 0.3 is 0 Å². The lowest BCUT2D eigenvalue weighted by atomic mass is 10.2. The van der Waals surface area contributed by atoms with Crippen molar-refractivity contribution in [1.82, 2.24) is 10.1 Å². The average molecular weight is 219 g/mol. The Morgan fingerprint density at radius 1 is 1.50 bits per heavy atom. The van der Waals surface area contributed by atoms with E-state index in [4.69, 9.17) is 10.3 Å². The molecule has 16 heavy (non-hydrogen) atoms. The molecule has 0 aliphatic carbocycles. The molecule has 0 bridgehead atoms. The molecule has 0 saturated heterocycles. The van der Waals surface area contributed by atoms with E-state index < -0.39 is 0 Å². The lowest BCUT2D eigenvalue weighted by Gasteiger charge is -1.97. The molecule has 1 aromatic carbocycles. The third-order valence-corrected chi connectivity index (χ3v) is 2.07. The molecule has 3 N–H and O–H groups in total. The summed E-state index contributed by atoms with van der Waals surface area (Å²) in [7, 11) is 0. The van der Waals surface area contributed by atoms with E-state index in [1.807, 2.05) is 6.92 Å². The van der Waals surface area contributed by atoms with E-state index in [1.165, 1.54) is 0 Å². The first-order chi connectivity index (χ1) is 7.65. The van der Waals surface area contributed by atoms with E-state index in [-0.39, 0.29) is 11.8 Å². The molecule has 0 spiro atoms. The molecule has 1 aromatic heterocycles. The van der Waals surface area contributed by atoms with Crippen LogP contribution < -0.4 is 5.73 Å². The van der Waals surface area contributed by atoms with Gasteiger partial charge in [0, 0.05) is 18.0 Å². The van der Waals surface area contributed by atoms with E-state index in [9.17, 15) is 5.11 Å². The fraction of sp³-hybridized carbons (Fsp3) is 0.273. The third kappa shape index (κ3) is 2.38. The number of aromatic hydroxyl groups is 1. The number of nitrogens with zero attached hydrogens (tertiary/aromatic N) is 2. The molecular weight excluding hydrogens is 206 g/mol. The minimum absolute atomic E-state index is 0.0162. The number of phenolic OH excluding ortho intramolecular Hbond substituents is 1. The summed E-state index contributed by atoms with van der Waals surface area (Å²) in [5.41, 5.74) is 6.35. The topological polar surface area (TPSA) is 85.2 Å². The average Bonchev–Trinajstić information content (AvgIpc) is 2.65. The second kappa shape index (κ2) is 4.32. The molecule has 84 valence electrons. The fourth-order valence-corrected chi connectivity index (χ4v) is 1.38. The number of rotatable bonds is 3. The highest BCUT2D eigenvalue weighted by Crippen LogP contribution is 2.20. The van der Waals surface area contributed by atoms with Crippen molar-refractivity contribution in [1.29, 1.82) is 0 Å². The molecule has 0 radical (unpaired) electrons. The van der Waals surface area contributed by atoms with Crippen molar-refractivity contribution in [2.45, 2.75) is 19.4 Å². The van der Waals surface area contributed by atoms with Crippen molar-refractivity contribution in [3.8, 4) is 17.1 Å². The van der Waals surface area contributed by atoms with Crippen LogP contribution in [0, 0.1) is 0 Å². The van der Waals surface area contributed by atoms with E-state index in [0.717, 1.165) is 5.56 Å². The molecule has 5 nitrogen and oxygen atoms in total. The highest BCUT2D eigenvalue weighted by Gasteiger charge is 2.10. The number of phenols is 1. The number of hydrogen-bond donors (Lipinski definition) is 2. The van der Waals surface area contributed by atoms with Crippen LogP contribution in [0.2, 0.25) is 0 Å². The van der Waals surface area contributed by atoms with Gasteiger partial charge in [0.05, 0.1) is 0 Å². The van der Waals surface area contributed by atoms with Gasteiger partial charge in [-0.05, 0) is 19.1 Å². The van der Waals surface area contributed by atoms with Crippen LogP contribution in [0.3, 0.4) is 0 Å². The summed E-state index contributed by atoms with van der Waals surface area (Å²) >= 11 is 0. The molecule has 1 atom stereocenters. The molecule has 0 saturated carbocycles. The van der Waals surface area contributed by atoms with Crippen molar-refractivity contribution in [3.63, 3.8) is 0 Å². The van der Waals surface area contributed by atoms with Crippen molar-refractivity contribution >= 4 is 0 Å². The van der Waals surface area contributed by atoms with Gasteiger partial charge in [0.15, 0.2) is 0 Å². The summed E-state index contributed by atoms with van der Waals surface area (Å²) in [4.78, 5) is 4.19. The molecule has 0 aliphatic heterocycles. The Morgan fingerprint density at radius 2 is 2.31 bits per heavy atom. The molecule has 0 fully saturated rings. The van der Waals surface area contributed by atoms with Crippen molar-refractivity contribution < 1.29 is 9.63 Å². The zero-order valence-electron chi connectivity index (χ0n) is 8.92. The first-order valence-corrected chi connectivity index (χ1v) is 5.02. The molecule has 0 amide bonds. The van der Waals surface area contributed by atoms with E-state index in [0.29, 0.717) is 18.1 Å². The SMILES string of the molecule is CC(N)Cc1nc(-c2cccc(O)c2)no1. The predicted molar refractivity (Wildman–Crippen MR) is 58.8 cm³/mol. The molecule has 0 aliphatic rings. The zero-order chi connectivity index (χ0) is 11.5. The van der Waals surface area contributed by atoms with Gasteiger partial charge in [-0.15, -0.1) is 0 Å². The van der Waals surface area contributed by atoms with E-state index in [2.05, 4.69) is 10.1 Å². The largest absolute Gasteiger partial charge is 0.508 e. The number of benzene rings is 1. The van der Waals surface area contributed by atoms with Gasteiger partial charge in [0.1, 0.15) is 5.75 Å². The quantitative estimate of drug-likeness (QED) is 0.813. The second-order valence-corrected chi connectivity index (χ2v) is 3.74. The monoisotopic (exact) mass is 219 g/mol. The maximum absolute atomic E-state index is 9.32. The van der Waals surface area contributed by atoms with Gasteiger partial charge in [-0.2, -0.15) is 4.98 Å². The summed E-state index contributed by atoms with van der Waals surface area (Å²) in [5.74, 6) is 1.15. The first kappa shape index (κ1) is 10.6. The number of hydrogen-bond acceptors (Lipinski definition) is 5. The lowest BCUT2D eigenvalue weighted by Crippen LogP contribution is -2.17. The molecule has 5 heteroatoms. The van der Waals surface area contributed by atoms with Gasteiger partial charge in [0.2, 0.25) is 11.7 Å². The van der Waals surface area contributed by atoms with Crippen LogP contribution in [0.5, 0.6) is 5.75 Å². The maximum atomic E-state index is 9.32. The van der Waals surface area contributed by atoms with Gasteiger partial charge in [-0.3, -0.25) is 0 Å². The van der Waals surface area contributed by atoms with Crippen LogP contribution in [0.1, 0.15) is 12.8 Å². The molecule has 2 rings (SSSR count). The second-order valence-electron chi connectivity index (χ2n) is 3.74. The first-order valence-electron chi connectivity index (χ1n) is 5.02. The predicted octanol–water partition coefficient (Wildman–Crippen LogP) is 1.33. The summed E-state index contributed by atoms with van der Waals surface area (Å²) < 4.78 is 5.05. The highest BCUT2D eigenvalue weighted by atomic mass is 16.5. The Labute approximate surface area is 92.9 Å². The smallest absolute Gasteiger partial charge is 0.228 e. The highest BCUT2D eigenvalue weighted by molar-refractivity contribution is 5.56. The van der Waals surface area contributed by atoms with Gasteiger partial charge in [-0.25, -0.2) is 0 Å². The molecular formula is C11H13N3O2. The Balaban J connectivity index is 2.24. The minimum atomic E-state index is -0.0162.